The van der Waals surface area contributed by atoms with Crippen LogP contribution in [0.3, 0.4) is 0 Å². The highest BCUT2D eigenvalue weighted by Crippen LogP contribution is 2.22. The van der Waals surface area contributed by atoms with Crippen LogP contribution in [-0.4, -0.2) is 55.9 Å². The minimum atomic E-state index is -3.42. The van der Waals surface area contributed by atoms with Crippen molar-refractivity contribution >= 4 is 27.4 Å². The molecule has 2 amide bonds. The third-order valence-electron chi connectivity index (χ3n) is 4.76. The van der Waals surface area contributed by atoms with Crippen molar-refractivity contribution in [3.05, 3.63) is 17.5 Å². The van der Waals surface area contributed by atoms with Crippen LogP contribution < -0.4 is 5.32 Å². The first-order valence-electron chi connectivity index (χ1n) is 8.66. The number of carbonyl (C=O) groups is 1. The van der Waals surface area contributed by atoms with Crippen molar-refractivity contribution in [1.82, 2.24) is 14.5 Å². The summed E-state index contributed by atoms with van der Waals surface area (Å²) in [6, 6.07) is 3.62. The highest BCUT2D eigenvalue weighted by Gasteiger charge is 2.29. The topological polar surface area (TPSA) is 69.7 Å². The molecular weight excluding hydrogens is 346 g/mol. The summed E-state index contributed by atoms with van der Waals surface area (Å²) < 4.78 is 27.1. The number of nitrogens with zero attached hydrogens (tertiary/aromatic N) is 2. The lowest BCUT2D eigenvalue weighted by Gasteiger charge is -2.27. The summed E-state index contributed by atoms with van der Waals surface area (Å²) in [5.41, 5.74) is 0. The Labute approximate surface area is 147 Å². The van der Waals surface area contributed by atoms with Crippen molar-refractivity contribution in [2.75, 3.05) is 26.2 Å². The van der Waals surface area contributed by atoms with E-state index in [4.69, 9.17) is 0 Å². The monoisotopic (exact) mass is 371 g/mol. The summed E-state index contributed by atoms with van der Waals surface area (Å²) in [4.78, 5) is 14.2. The average Bonchev–Trinajstić information content (AvgIpc) is 3.00. The maximum Gasteiger partial charge on any atom is 0.317 e. The molecule has 0 bridgehead atoms. The molecule has 1 N–H and O–H groups in total. The van der Waals surface area contributed by atoms with Gasteiger partial charge in [-0.25, -0.2) is 13.2 Å². The van der Waals surface area contributed by atoms with E-state index in [2.05, 4.69) is 5.32 Å². The standard InChI is InChI=1S/C16H25N3O3S2/c20-16(17-14-6-2-1-3-7-14)18-9-5-10-19(12-11-18)24(21,22)15-8-4-13-23-15/h4,8,13-14H,1-3,5-7,9-12H2,(H,17,20). The molecule has 6 nitrogen and oxygen atoms in total. The minimum Gasteiger partial charge on any atom is -0.335 e. The van der Waals surface area contributed by atoms with Gasteiger partial charge in [0.25, 0.3) is 10.0 Å². The lowest BCUT2D eigenvalue weighted by atomic mass is 9.96. The number of rotatable bonds is 3. The molecule has 0 radical (unpaired) electrons. The van der Waals surface area contributed by atoms with Crippen LogP contribution in [0.4, 0.5) is 4.79 Å². The van der Waals surface area contributed by atoms with E-state index in [0.717, 1.165) is 12.8 Å². The Bertz CT molecular complexity index is 640. The Morgan fingerprint density at radius 1 is 1.08 bits per heavy atom. The van der Waals surface area contributed by atoms with Gasteiger partial charge in [0.2, 0.25) is 0 Å². The lowest BCUT2D eigenvalue weighted by Crippen LogP contribution is -2.46. The molecule has 1 aromatic heterocycles. The Hall–Kier alpha value is -1.12. The van der Waals surface area contributed by atoms with Gasteiger partial charge in [-0.1, -0.05) is 25.3 Å². The van der Waals surface area contributed by atoms with Gasteiger partial charge in [-0.3, -0.25) is 0 Å². The van der Waals surface area contributed by atoms with Crippen molar-refractivity contribution in [2.45, 2.75) is 48.8 Å². The van der Waals surface area contributed by atoms with E-state index in [0.29, 0.717) is 36.8 Å². The molecule has 1 aliphatic heterocycles. The molecule has 134 valence electrons. The van der Waals surface area contributed by atoms with Crippen molar-refractivity contribution < 1.29 is 13.2 Å². The SMILES string of the molecule is O=C(NC1CCCCC1)N1CCCN(S(=O)(=O)c2cccs2)CC1. The molecule has 1 aliphatic carbocycles. The zero-order chi connectivity index (χ0) is 17.0. The summed E-state index contributed by atoms with van der Waals surface area (Å²) in [5.74, 6) is 0. The predicted octanol–water partition coefficient (Wildman–Crippen LogP) is 2.49. The second kappa shape index (κ2) is 7.84. The first kappa shape index (κ1) is 17.7. The van der Waals surface area contributed by atoms with Gasteiger partial charge in [-0.15, -0.1) is 11.3 Å². The van der Waals surface area contributed by atoms with Gasteiger partial charge < -0.3 is 10.2 Å². The maximum absolute atomic E-state index is 12.6. The summed E-state index contributed by atoms with van der Waals surface area (Å²) >= 11 is 1.24. The third-order valence-corrected chi connectivity index (χ3v) is 8.04. The minimum absolute atomic E-state index is 0.0442. The smallest absolute Gasteiger partial charge is 0.317 e. The number of carbonyl (C=O) groups excluding carboxylic acids is 1. The number of nitrogens with one attached hydrogen (secondary N) is 1. The van der Waals surface area contributed by atoms with Gasteiger partial charge in [0.1, 0.15) is 4.21 Å². The molecule has 8 heteroatoms. The van der Waals surface area contributed by atoms with Crippen molar-refractivity contribution in [1.29, 1.82) is 0 Å². The second-order valence-corrected chi connectivity index (χ2v) is 9.57. The zero-order valence-electron chi connectivity index (χ0n) is 13.8. The maximum atomic E-state index is 12.6. The Kier molecular flexibility index (Phi) is 5.78. The Morgan fingerprint density at radius 3 is 2.58 bits per heavy atom. The van der Waals surface area contributed by atoms with E-state index in [1.165, 1.54) is 34.9 Å². The van der Waals surface area contributed by atoms with Crippen molar-refractivity contribution in [2.24, 2.45) is 0 Å². The first-order valence-corrected chi connectivity index (χ1v) is 11.0. The molecule has 0 atom stereocenters. The number of thiophene rings is 1. The van der Waals surface area contributed by atoms with Gasteiger partial charge in [-0.05, 0) is 30.7 Å². The number of urea groups is 1. The largest absolute Gasteiger partial charge is 0.335 e. The van der Waals surface area contributed by atoms with Crippen LogP contribution in [0.15, 0.2) is 21.7 Å². The van der Waals surface area contributed by atoms with Crippen LogP contribution in [0.1, 0.15) is 38.5 Å². The number of sulfonamides is 1. The highest BCUT2D eigenvalue weighted by atomic mass is 32.2. The van der Waals surface area contributed by atoms with E-state index in [1.807, 2.05) is 0 Å². The normalized spacial score (nSPS) is 21.4. The fraction of sp³-hybridized carbons (Fsp3) is 0.688. The third kappa shape index (κ3) is 4.10. The fourth-order valence-corrected chi connectivity index (χ4v) is 6.00. The van der Waals surface area contributed by atoms with E-state index >= 15 is 0 Å². The quantitative estimate of drug-likeness (QED) is 0.887. The second-order valence-electron chi connectivity index (χ2n) is 6.46. The highest BCUT2D eigenvalue weighted by molar-refractivity contribution is 7.91. The summed E-state index contributed by atoms with van der Waals surface area (Å²) in [7, 11) is -3.42. The van der Waals surface area contributed by atoms with Crippen LogP contribution in [-0.2, 0) is 10.0 Å². The van der Waals surface area contributed by atoms with Gasteiger partial charge >= 0.3 is 6.03 Å². The molecule has 2 fully saturated rings. The molecule has 0 aromatic carbocycles. The molecule has 0 spiro atoms. The number of hydrogen-bond acceptors (Lipinski definition) is 4. The molecule has 24 heavy (non-hydrogen) atoms. The fourth-order valence-electron chi connectivity index (χ4n) is 3.39. The average molecular weight is 372 g/mol. The van der Waals surface area contributed by atoms with Crippen molar-refractivity contribution in [3.63, 3.8) is 0 Å². The predicted molar refractivity (Wildman–Crippen MR) is 94.7 cm³/mol. The molecule has 2 aliphatic rings. The molecule has 0 unspecified atom stereocenters. The molecule has 1 aromatic rings. The Balaban J connectivity index is 1.57. The van der Waals surface area contributed by atoms with Gasteiger partial charge in [0, 0.05) is 32.2 Å². The van der Waals surface area contributed by atoms with E-state index in [9.17, 15) is 13.2 Å². The number of amides is 2. The summed E-state index contributed by atoms with van der Waals surface area (Å²) in [6.07, 6.45) is 6.39. The van der Waals surface area contributed by atoms with Crippen LogP contribution in [0, 0.1) is 0 Å². The molecule has 1 saturated heterocycles. The van der Waals surface area contributed by atoms with Crippen LogP contribution in [0.5, 0.6) is 0 Å². The van der Waals surface area contributed by atoms with Gasteiger partial charge in [0.05, 0.1) is 0 Å². The lowest BCUT2D eigenvalue weighted by molar-refractivity contribution is 0.192. The molecule has 3 rings (SSSR count). The van der Waals surface area contributed by atoms with Crippen LogP contribution in [0.25, 0.3) is 0 Å². The van der Waals surface area contributed by atoms with Crippen molar-refractivity contribution in [3.8, 4) is 0 Å². The summed E-state index contributed by atoms with van der Waals surface area (Å²) in [5, 5.41) is 4.89. The van der Waals surface area contributed by atoms with E-state index in [-0.39, 0.29) is 12.1 Å². The first-order chi connectivity index (χ1) is 11.6. The van der Waals surface area contributed by atoms with Crippen LogP contribution in [0.2, 0.25) is 0 Å². The van der Waals surface area contributed by atoms with Gasteiger partial charge in [0.15, 0.2) is 0 Å². The number of hydrogen-bond donors (Lipinski definition) is 1. The Morgan fingerprint density at radius 2 is 1.88 bits per heavy atom. The van der Waals surface area contributed by atoms with Crippen LogP contribution >= 0.6 is 11.3 Å². The zero-order valence-corrected chi connectivity index (χ0v) is 15.4. The molecule has 1 saturated carbocycles. The van der Waals surface area contributed by atoms with E-state index in [1.54, 1.807) is 22.4 Å². The van der Waals surface area contributed by atoms with E-state index < -0.39 is 10.0 Å². The molecule has 2 heterocycles. The molecular formula is C16H25N3O3S2. The summed E-state index contributed by atoms with van der Waals surface area (Å²) in [6.45, 7) is 1.88. The van der Waals surface area contributed by atoms with Gasteiger partial charge in [-0.2, -0.15) is 4.31 Å².